The van der Waals surface area contributed by atoms with Crippen LogP contribution in [0.15, 0.2) is 48.5 Å². The molecule has 1 aliphatic heterocycles. The van der Waals surface area contributed by atoms with Gasteiger partial charge < -0.3 is 14.6 Å². The number of nitrogens with one attached hydrogen (secondary N) is 1. The van der Waals surface area contributed by atoms with Crippen molar-refractivity contribution in [3.05, 3.63) is 65.4 Å². The molecule has 1 atom stereocenters. The van der Waals surface area contributed by atoms with Crippen LogP contribution in [-0.4, -0.2) is 60.0 Å². The lowest BCUT2D eigenvalue weighted by molar-refractivity contribution is 0.0551. The smallest absolute Gasteiger partial charge is 0.270 e. The Balaban J connectivity index is 1.29. The Labute approximate surface area is 177 Å². The number of nitrogens with zero attached hydrogens (tertiary/aromatic N) is 2. The zero-order chi connectivity index (χ0) is 20.7. The largest absolute Gasteiger partial charge is 0.497 e. The molecule has 0 spiro atoms. The zero-order valence-corrected chi connectivity index (χ0v) is 17.7. The van der Waals surface area contributed by atoms with Gasteiger partial charge in [0.2, 0.25) is 0 Å². The first-order chi connectivity index (χ1) is 14.6. The summed E-state index contributed by atoms with van der Waals surface area (Å²) in [7, 11) is 3.61. The molecule has 0 unspecified atom stereocenters. The van der Waals surface area contributed by atoms with Crippen LogP contribution in [0.5, 0.6) is 5.75 Å². The minimum Gasteiger partial charge on any atom is -0.497 e. The topological polar surface area (TPSA) is 48.6 Å². The Morgan fingerprint density at radius 2 is 1.90 bits per heavy atom. The van der Waals surface area contributed by atoms with E-state index in [1.165, 1.54) is 11.1 Å². The van der Waals surface area contributed by atoms with Crippen LogP contribution >= 0.6 is 0 Å². The number of aromatic amines is 1. The van der Waals surface area contributed by atoms with E-state index in [0.29, 0.717) is 11.7 Å². The lowest BCUT2D eigenvalue weighted by atomic mass is 10.0. The van der Waals surface area contributed by atoms with Crippen molar-refractivity contribution in [3.8, 4) is 5.75 Å². The molecule has 1 aliphatic carbocycles. The van der Waals surface area contributed by atoms with Gasteiger partial charge in [0.25, 0.3) is 5.91 Å². The minimum absolute atomic E-state index is 0.0618. The Bertz CT molecular complexity index is 1050. The van der Waals surface area contributed by atoms with Gasteiger partial charge in [-0.15, -0.1) is 0 Å². The number of hydrogen-bond acceptors (Lipinski definition) is 3. The fraction of sp³-hybridized carbons (Fsp3) is 0.400. The molecule has 1 fully saturated rings. The third kappa shape index (κ3) is 3.47. The highest BCUT2D eigenvalue weighted by Gasteiger charge is 2.33. The summed E-state index contributed by atoms with van der Waals surface area (Å²) in [6, 6.07) is 17.4. The number of benzene rings is 2. The number of aromatic nitrogens is 1. The van der Waals surface area contributed by atoms with Crippen molar-refractivity contribution in [1.82, 2.24) is 14.8 Å². The second-order valence-electron chi connectivity index (χ2n) is 8.67. The summed E-state index contributed by atoms with van der Waals surface area (Å²) in [5.74, 6) is 0.862. The summed E-state index contributed by atoms with van der Waals surface area (Å²) in [5, 5.41) is 1.00. The normalized spacial score (nSPS) is 19.7. The number of H-pyrrole nitrogens is 1. The Morgan fingerprint density at radius 1 is 1.13 bits per heavy atom. The summed E-state index contributed by atoms with van der Waals surface area (Å²) >= 11 is 0. The van der Waals surface area contributed by atoms with E-state index in [2.05, 4.69) is 34.1 Å². The van der Waals surface area contributed by atoms with Gasteiger partial charge in [0.1, 0.15) is 11.4 Å². The number of piperidine rings is 1. The monoisotopic (exact) mass is 403 g/mol. The molecular formula is C25H29N3O2. The maximum absolute atomic E-state index is 13.2. The molecule has 1 aromatic heterocycles. The maximum Gasteiger partial charge on any atom is 0.270 e. The number of hydrogen-bond donors (Lipinski definition) is 1. The number of rotatable bonds is 4. The van der Waals surface area contributed by atoms with E-state index in [0.717, 1.165) is 55.4 Å². The number of ether oxygens (including phenoxy) is 1. The standard InChI is InChI=1S/C25H29N3O2/c1-27(25(29)24-15-19-14-22(30-2)9-10-23(19)26-24)20-8-5-11-28(16-20)21-12-17-6-3-4-7-18(17)13-21/h3-4,6-7,9-10,14-15,20-21,26H,5,8,11-13,16H2,1-2H3/t20-/m0/s1. The van der Waals surface area contributed by atoms with Gasteiger partial charge in [0, 0.05) is 36.6 Å². The summed E-state index contributed by atoms with van der Waals surface area (Å²) in [6.45, 7) is 2.08. The Morgan fingerprint density at radius 3 is 2.63 bits per heavy atom. The molecule has 0 saturated carbocycles. The zero-order valence-electron chi connectivity index (χ0n) is 17.7. The van der Waals surface area contributed by atoms with Crippen molar-refractivity contribution in [1.29, 1.82) is 0 Å². The van der Waals surface area contributed by atoms with Crippen LogP contribution in [0, 0.1) is 0 Å². The second kappa shape index (κ2) is 7.80. The molecule has 0 bridgehead atoms. The van der Waals surface area contributed by atoms with Crippen molar-refractivity contribution in [2.75, 3.05) is 27.2 Å². The molecule has 1 N–H and O–H groups in total. The van der Waals surface area contributed by atoms with Crippen LogP contribution in [0.1, 0.15) is 34.5 Å². The van der Waals surface area contributed by atoms with Gasteiger partial charge in [-0.25, -0.2) is 0 Å². The number of methoxy groups -OCH3 is 1. The van der Waals surface area contributed by atoms with Crippen LogP contribution in [0.2, 0.25) is 0 Å². The molecule has 3 aromatic rings. The van der Waals surface area contributed by atoms with Gasteiger partial charge in [-0.2, -0.15) is 0 Å². The molecule has 5 heteroatoms. The first-order valence-corrected chi connectivity index (χ1v) is 10.9. The van der Waals surface area contributed by atoms with E-state index in [1.54, 1.807) is 7.11 Å². The van der Waals surface area contributed by atoms with E-state index >= 15 is 0 Å². The average Bonchev–Trinajstić information content (AvgIpc) is 3.41. The van der Waals surface area contributed by atoms with Crippen LogP contribution in [0.25, 0.3) is 10.9 Å². The van der Waals surface area contributed by atoms with Crippen molar-refractivity contribution in [2.45, 2.75) is 37.8 Å². The van der Waals surface area contributed by atoms with Gasteiger partial charge in [-0.05, 0) is 67.6 Å². The number of likely N-dealkylation sites (N-methyl/N-ethyl adjacent to an activating group) is 1. The maximum atomic E-state index is 13.2. The number of carbonyl (C=O) groups excluding carboxylic acids is 1. The molecular weight excluding hydrogens is 374 g/mol. The van der Waals surface area contributed by atoms with Crippen molar-refractivity contribution in [2.24, 2.45) is 0 Å². The first-order valence-electron chi connectivity index (χ1n) is 10.9. The summed E-state index contributed by atoms with van der Waals surface area (Å²) in [5.41, 5.74) is 4.58. The van der Waals surface area contributed by atoms with Crippen molar-refractivity contribution in [3.63, 3.8) is 0 Å². The van der Waals surface area contributed by atoms with E-state index in [4.69, 9.17) is 4.74 Å². The van der Waals surface area contributed by atoms with E-state index in [-0.39, 0.29) is 11.9 Å². The molecule has 156 valence electrons. The predicted molar refractivity (Wildman–Crippen MR) is 119 cm³/mol. The van der Waals surface area contributed by atoms with Gasteiger partial charge >= 0.3 is 0 Å². The molecule has 2 heterocycles. The highest BCUT2D eigenvalue weighted by molar-refractivity contribution is 5.98. The van der Waals surface area contributed by atoms with Crippen LogP contribution in [-0.2, 0) is 12.8 Å². The molecule has 2 aliphatic rings. The molecule has 5 rings (SSSR count). The molecule has 5 nitrogen and oxygen atoms in total. The molecule has 1 amide bonds. The molecule has 2 aromatic carbocycles. The quantitative estimate of drug-likeness (QED) is 0.719. The van der Waals surface area contributed by atoms with Crippen LogP contribution in [0.4, 0.5) is 0 Å². The van der Waals surface area contributed by atoms with Crippen molar-refractivity contribution >= 4 is 16.8 Å². The van der Waals surface area contributed by atoms with Gasteiger partial charge in [-0.1, -0.05) is 24.3 Å². The lowest BCUT2D eigenvalue weighted by Gasteiger charge is -2.40. The Hall–Kier alpha value is -2.79. The third-order valence-electron chi connectivity index (χ3n) is 6.90. The number of amides is 1. The fourth-order valence-electron chi connectivity index (χ4n) is 5.13. The third-order valence-corrected chi connectivity index (χ3v) is 6.90. The van der Waals surface area contributed by atoms with Gasteiger partial charge in [0.05, 0.1) is 7.11 Å². The summed E-state index contributed by atoms with van der Waals surface area (Å²) < 4.78 is 5.30. The van der Waals surface area contributed by atoms with Crippen LogP contribution in [0.3, 0.4) is 0 Å². The number of carbonyl (C=O) groups is 1. The predicted octanol–water partition coefficient (Wildman–Crippen LogP) is 3.88. The van der Waals surface area contributed by atoms with E-state index < -0.39 is 0 Å². The lowest BCUT2D eigenvalue weighted by Crippen LogP contribution is -2.51. The molecule has 30 heavy (non-hydrogen) atoms. The Kier molecular flexibility index (Phi) is 4.99. The van der Waals surface area contributed by atoms with Gasteiger partial charge in [-0.3, -0.25) is 9.69 Å². The highest BCUT2D eigenvalue weighted by atomic mass is 16.5. The summed E-state index contributed by atoms with van der Waals surface area (Å²) in [6.07, 6.45) is 4.46. The summed E-state index contributed by atoms with van der Waals surface area (Å²) in [4.78, 5) is 21.0. The SMILES string of the molecule is COc1ccc2[nH]c(C(=O)N(C)[C@H]3CCCN(C4Cc5ccccc5C4)C3)cc2c1. The van der Waals surface area contributed by atoms with Crippen molar-refractivity contribution < 1.29 is 9.53 Å². The first kappa shape index (κ1) is 19.2. The van der Waals surface area contributed by atoms with E-state index in [1.807, 2.05) is 36.2 Å². The molecule has 0 radical (unpaired) electrons. The average molecular weight is 404 g/mol. The minimum atomic E-state index is 0.0618. The fourth-order valence-corrected chi connectivity index (χ4v) is 5.13. The second-order valence-corrected chi connectivity index (χ2v) is 8.67. The molecule has 1 saturated heterocycles. The van der Waals surface area contributed by atoms with Gasteiger partial charge in [0.15, 0.2) is 0 Å². The number of fused-ring (bicyclic) bond motifs is 2. The number of likely N-dealkylation sites (tertiary alicyclic amines) is 1. The highest BCUT2D eigenvalue weighted by Crippen LogP contribution is 2.29. The van der Waals surface area contributed by atoms with Crippen LogP contribution < -0.4 is 4.74 Å². The van der Waals surface area contributed by atoms with E-state index in [9.17, 15) is 4.79 Å².